The Morgan fingerprint density at radius 1 is 0.967 bits per heavy atom. The number of carbonyl (C=O) groups is 1. The lowest BCUT2D eigenvalue weighted by Gasteiger charge is -2.10. The summed E-state index contributed by atoms with van der Waals surface area (Å²) in [7, 11) is 0. The van der Waals surface area contributed by atoms with Crippen molar-refractivity contribution in [3.8, 4) is 11.5 Å². The summed E-state index contributed by atoms with van der Waals surface area (Å²) in [4.78, 5) is 21.7. The van der Waals surface area contributed by atoms with Gasteiger partial charge < -0.3 is 4.57 Å². The van der Waals surface area contributed by atoms with Crippen LogP contribution in [0.2, 0.25) is 0 Å². The maximum atomic E-state index is 13.1. The molecule has 0 saturated carbocycles. The number of hydrogen-bond acceptors (Lipinski definition) is 4. The van der Waals surface area contributed by atoms with E-state index < -0.39 is 0 Å². The largest absolute Gasteiger partial charge is 0.332 e. The Morgan fingerprint density at radius 2 is 1.77 bits per heavy atom. The molecule has 7 heteroatoms. The summed E-state index contributed by atoms with van der Waals surface area (Å²) in [5, 5.41) is 10.7. The first kappa shape index (κ1) is 17.8. The monoisotopic (exact) mass is 394 g/mol. The number of aromatic amines is 1. The van der Waals surface area contributed by atoms with E-state index in [1.54, 1.807) is 6.20 Å². The first-order valence-corrected chi connectivity index (χ1v) is 9.55. The molecule has 0 bridgehead atoms. The van der Waals surface area contributed by atoms with Crippen LogP contribution in [0.25, 0.3) is 22.4 Å². The highest BCUT2D eigenvalue weighted by Gasteiger charge is 2.18. The second kappa shape index (κ2) is 7.63. The Bertz CT molecular complexity index is 1310. The molecular formula is C23H18N6O. The highest BCUT2D eigenvalue weighted by atomic mass is 16.2. The van der Waals surface area contributed by atoms with E-state index in [4.69, 9.17) is 0 Å². The van der Waals surface area contributed by atoms with Crippen molar-refractivity contribution in [1.29, 1.82) is 0 Å². The van der Waals surface area contributed by atoms with Gasteiger partial charge in [-0.05, 0) is 29.8 Å². The molecule has 146 valence electrons. The Balaban J connectivity index is 1.46. The summed E-state index contributed by atoms with van der Waals surface area (Å²) in [6.45, 7) is 0.588. The molecule has 3 aromatic heterocycles. The van der Waals surface area contributed by atoms with Crippen molar-refractivity contribution in [2.24, 2.45) is 0 Å². The fourth-order valence-electron chi connectivity index (χ4n) is 3.44. The number of anilines is 1. The molecule has 0 fully saturated rings. The van der Waals surface area contributed by atoms with Crippen LogP contribution in [-0.2, 0) is 6.54 Å². The van der Waals surface area contributed by atoms with Gasteiger partial charge in [0.1, 0.15) is 11.4 Å². The first-order valence-electron chi connectivity index (χ1n) is 9.55. The molecule has 0 saturated heterocycles. The van der Waals surface area contributed by atoms with Gasteiger partial charge in [0.15, 0.2) is 5.82 Å². The lowest BCUT2D eigenvalue weighted by atomic mass is 10.2. The number of rotatable bonds is 5. The van der Waals surface area contributed by atoms with Crippen LogP contribution >= 0.6 is 0 Å². The summed E-state index contributed by atoms with van der Waals surface area (Å²) in [5.74, 6) is 0.432. The zero-order valence-corrected chi connectivity index (χ0v) is 16.0. The molecule has 5 aromatic rings. The molecule has 0 aliphatic heterocycles. The van der Waals surface area contributed by atoms with Crippen molar-refractivity contribution in [1.82, 2.24) is 24.7 Å². The Kier molecular flexibility index (Phi) is 4.53. The minimum Gasteiger partial charge on any atom is -0.332 e. The topological polar surface area (TPSA) is 88.5 Å². The average Bonchev–Trinajstić information content (AvgIpc) is 3.40. The van der Waals surface area contributed by atoms with Gasteiger partial charge in [-0.1, -0.05) is 54.6 Å². The SMILES string of the molecule is O=C(Nc1n[nH]c(-c2ccccn2)n1)c1cc2ccccc2n1Cc1ccccc1. The second-order valence-corrected chi connectivity index (χ2v) is 6.84. The van der Waals surface area contributed by atoms with Crippen molar-refractivity contribution in [2.75, 3.05) is 5.32 Å². The van der Waals surface area contributed by atoms with Gasteiger partial charge in [-0.25, -0.2) is 0 Å². The van der Waals surface area contributed by atoms with Crippen molar-refractivity contribution >= 4 is 22.8 Å². The maximum Gasteiger partial charge on any atom is 0.274 e. The van der Waals surface area contributed by atoms with Crippen LogP contribution in [-0.4, -0.2) is 30.6 Å². The van der Waals surface area contributed by atoms with Crippen molar-refractivity contribution < 1.29 is 4.79 Å². The molecule has 1 amide bonds. The number of nitrogens with one attached hydrogen (secondary N) is 2. The van der Waals surface area contributed by atoms with Gasteiger partial charge in [-0.2, -0.15) is 4.98 Å². The molecule has 3 heterocycles. The summed E-state index contributed by atoms with van der Waals surface area (Å²) < 4.78 is 2.01. The highest BCUT2D eigenvalue weighted by Crippen LogP contribution is 2.22. The van der Waals surface area contributed by atoms with E-state index in [0.29, 0.717) is 23.8 Å². The predicted molar refractivity (Wildman–Crippen MR) is 115 cm³/mol. The number of carbonyl (C=O) groups excluding carboxylic acids is 1. The van der Waals surface area contributed by atoms with Gasteiger partial charge in [0.25, 0.3) is 5.91 Å². The fourth-order valence-corrected chi connectivity index (χ4v) is 3.44. The van der Waals surface area contributed by atoms with Crippen LogP contribution < -0.4 is 5.32 Å². The molecule has 0 atom stereocenters. The van der Waals surface area contributed by atoms with E-state index in [1.165, 1.54) is 0 Å². The van der Waals surface area contributed by atoms with E-state index in [9.17, 15) is 4.79 Å². The third kappa shape index (κ3) is 3.44. The van der Waals surface area contributed by atoms with Crippen LogP contribution in [0.5, 0.6) is 0 Å². The lowest BCUT2D eigenvalue weighted by Crippen LogP contribution is -2.18. The Morgan fingerprint density at radius 3 is 2.60 bits per heavy atom. The van der Waals surface area contributed by atoms with Gasteiger partial charge in [0, 0.05) is 23.6 Å². The number of amides is 1. The third-order valence-electron chi connectivity index (χ3n) is 4.84. The van der Waals surface area contributed by atoms with E-state index in [0.717, 1.165) is 16.5 Å². The molecule has 5 rings (SSSR count). The molecule has 0 unspecified atom stereocenters. The number of fused-ring (bicyclic) bond motifs is 1. The van der Waals surface area contributed by atoms with E-state index in [-0.39, 0.29) is 11.9 Å². The quantitative estimate of drug-likeness (QED) is 0.469. The standard InChI is InChI=1S/C23H18N6O/c30-22(26-23-25-21(27-28-23)18-11-6-7-13-24-18)20-14-17-10-4-5-12-19(17)29(20)15-16-8-2-1-3-9-16/h1-14H,15H2,(H2,25,26,27,28,30). The number of aromatic nitrogens is 5. The minimum absolute atomic E-state index is 0.206. The average molecular weight is 394 g/mol. The second-order valence-electron chi connectivity index (χ2n) is 6.84. The number of H-pyrrole nitrogens is 1. The third-order valence-corrected chi connectivity index (χ3v) is 4.84. The number of benzene rings is 2. The first-order chi connectivity index (χ1) is 14.8. The smallest absolute Gasteiger partial charge is 0.274 e. The van der Waals surface area contributed by atoms with E-state index in [1.807, 2.05) is 83.4 Å². The van der Waals surface area contributed by atoms with Crippen molar-refractivity contribution in [3.05, 3.63) is 96.3 Å². The van der Waals surface area contributed by atoms with Crippen LogP contribution in [0.15, 0.2) is 85.1 Å². The van der Waals surface area contributed by atoms with Crippen LogP contribution in [0.3, 0.4) is 0 Å². The predicted octanol–water partition coefficient (Wildman–Crippen LogP) is 4.12. The summed E-state index contributed by atoms with van der Waals surface area (Å²) in [5.41, 5.74) is 3.31. The molecule has 30 heavy (non-hydrogen) atoms. The number of pyridine rings is 1. The van der Waals surface area contributed by atoms with Gasteiger partial charge in [0.2, 0.25) is 5.95 Å². The summed E-state index contributed by atoms with van der Waals surface area (Å²) >= 11 is 0. The Hall–Kier alpha value is -4.26. The molecule has 0 radical (unpaired) electrons. The fraction of sp³-hybridized carbons (Fsp3) is 0.0435. The molecule has 0 aliphatic rings. The normalized spacial score (nSPS) is 10.9. The van der Waals surface area contributed by atoms with E-state index >= 15 is 0 Å². The maximum absolute atomic E-state index is 13.1. The molecular weight excluding hydrogens is 376 g/mol. The summed E-state index contributed by atoms with van der Waals surface area (Å²) in [6, 6.07) is 25.4. The minimum atomic E-state index is -0.270. The van der Waals surface area contributed by atoms with Crippen molar-refractivity contribution in [3.63, 3.8) is 0 Å². The molecule has 0 aliphatic carbocycles. The van der Waals surface area contributed by atoms with Gasteiger partial charge in [-0.3, -0.25) is 20.2 Å². The van der Waals surface area contributed by atoms with E-state index in [2.05, 4.69) is 25.5 Å². The van der Waals surface area contributed by atoms with Crippen LogP contribution in [0.1, 0.15) is 16.1 Å². The van der Waals surface area contributed by atoms with Gasteiger partial charge >= 0.3 is 0 Å². The van der Waals surface area contributed by atoms with Crippen molar-refractivity contribution in [2.45, 2.75) is 6.54 Å². The number of para-hydroxylation sites is 1. The van der Waals surface area contributed by atoms with Crippen LogP contribution in [0, 0.1) is 0 Å². The molecule has 2 aromatic carbocycles. The van der Waals surface area contributed by atoms with Crippen LogP contribution in [0.4, 0.5) is 5.95 Å². The highest BCUT2D eigenvalue weighted by molar-refractivity contribution is 6.05. The zero-order valence-electron chi connectivity index (χ0n) is 16.0. The molecule has 0 spiro atoms. The number of nitrogens with zero attached hydrogens (tertiary/aromatic N) is 4. The number of hydrogen-bond donors (Lipinski definition) is 2. The zero-order chi connectivity index (χ0) is 20.3. The Labute approximate surface area is 172 Å². The lowest BCUT2D eigenvalue weighted by molar-refractivity contribution is 0.101. The van der Waals surface area contributed by atoms with Gasteiger partial charge in [-0.15, -0.1) is 5.10 Å². The van der Waals surface area contributed by atoms with Gasteiger partial charge in [0.05, 0.1) is 0 Å². The molecule has 7 nitrogen and oxygen atoms in total. The molecule has 2 N–H and O–H groups in total. The summed E-state index contributed by atoms with van der Waals surface area (Å²) in [6.07, 6.45) is 1.68.